The Balaban J connectivity index is 1.96. The molecule has 1 aliphatic rings. The van der Waals surface area contributed by atoms with Crippen LogP contribution < -0.4 is 5.73 Å². The summed E-state index contributed by atoms with van der Waals surface area (Å²) in [4.78, 5) is 14.3. The van der Waals surface area contributed by atoms with Crippen LogP contribution in [-0.4, -0.2) is 29.4 Å². The number of carbonyl (C=O) groups excluding carboxylic acids is 1. The Morgan fingerprint density at radius 2 is 2.17 bits per heavy atom. The van der Waals surface area contributed by atoms with Crippen LogP contribution in [0.15, 0.2) is 30.3 Å². The van der Waals surface area contributed by atoms with Crippen LogP contribution in [0.1, 0.15) is 31.7 Å². The molecule has 1 aliphatic heterocycles. The highest BCUT2D eigenvalue weighted by Crippen LogP contribution is 2.20. The first kappa shape index (κ1) is 13.1. The fraction of sp³-hybridized carbons (Fsp3) is 0.533. The summed E-state index contributed by atoms with van der Waals surface area (Å²) in [5, 5.41) is 0. The minimum atomic E-state index is -0.403. The van der Waals surface area contributed by atoms with Gasteiger partial charge < -0.3 is 10.6 Å². The number of carbonyl (C=O) groups is 1. The van der Waals surface area contributed by atoms with Crippen LogP contribution in [0.2, 0.25) is 0 Å². The van der Waals surface area contributed by atoms with Crippen LogP contribution in [-0.2, 0) is 11.2 Å². The number of benzene rings is 1. The van der Waals surface area contributed by atoms with Crippen LogP contribution in [0.4, 0.5) is 0 Å². The predicted octanol–water partition coefficient (Wildman–Crippen LogP) is 1.96. The van der Waals surface area contributed by atoms with E-state index in [9.17, 15) is 4.79 Å². The molecule has 0 saturated carbocycles. The van der Waals surface area contributed by atoms with Gasteiger partial charge >= 0.3 is 0 Å². The summed E-state index contributed by atoms with van der Waals surface area (Å²) < 4.78 is 0. The molecule has 1 aromatic carbocycles. The highest BCUT2D eigenvalue weighted by atomic mass is 16.2. The van der Waals surface area contributed by atoms with Crippen molar-refractivity contribution < 1.29 is 4.79 Å². The Kier molecular flexibility index (Phi) is 4.37. The molecule has 0 aliphatic carbocycles. The van der Waals surface area contributed by atoms with E-state index in [1.54, 1.807) is 0 Å². The lowest BCUT2D eigenvalue weighted by molar-refractivity contribution is -0.133. The summed E-state index contributed by atoms with van der Waals surface area (Å²) in [6.07, 6.45) is 3.90. The molecule has 98 valence electrons. The number of nitrogens with two attached hydrogens (primary N) is 1. The monoisotopic (exact) mass is 246 g/mol. The number of nitrogens with zero attached hydrogens (tertiary/aromatic N) is 1. The quantitative estimate of drug-likeness (QED) is 0.882. The Labute approximate surface area is 109 Å². The van der Waals surface area contributed by atoms with Gasteiger partial charge in [0, 0.05) is 12.6 Å². The fourth-order valence-corrected chi connectivity index (χ4v) is 2.72. The lowest BCUT2D eigenvalue weighted by Gasteiger charge is -2.26. The molecule has 1 aromatic rings. The van der Waals surface area contributed by atoms with Gasteiger partial charge in [-0.25, -0.2) is 0 Å². The maximum absolute atomic E-state index is 12.3. The Hall–Kier alpha value is -1.35. The van der Waals surface area contributed by atoms with Crippen LogP contribution in [0.3, 0.4) is 0 Å². The van der Waals surface area contributed by atoms with Gasteiger partial charge in [0.2, 0.25) is 5.91 Å². The van der Waals surface area contributed by atoms with Crippen molar-refractivity contribution in [3.8, 4) is 0 Å². The van der Waals surface area contributed by atoms with E-state index >= 15 is 0 Å². The standard InChI is InChI=1S/C15H22N2O/c1-2-13-9-6-10-17(13)15(18)14(16)11-12-7-4-3-5-8-12/h3-5,7-8,13-14H,2,6,9-11,16H2,1H3. The number of likely N-dealkylation sites (tertiary alicyclic amines) is 1. The maximum atomic E-state index is 12.3. The normalized spacial score (nSPS) is 21.0. The second-order valence-corrected chi connectivity index (χ2v) is 5.03. The van der Waals surface area contributed by atoms with E-state index in [0.29, 0.717) is 12.5 Å². The largest absolute Gasteiger partial charge is 0.338 e. The molecular weight excluding hydrogens is 224 g/mol. The minimum Gasteiger partial charge on any atom is -0.338 e. The molecule has 0 spiro atoms. The molecule has 2 N–H and O–H groups in total. The maximum Gasteiger partial charge on any atom is 0.240 e. The van der Waals surface area contributed by atoms with Crippen molar-refractivity contribution in [1.29, 1.82) is 0 Å². The van der Waals surface area contributed by atoms with Crippen molar-refractivity contribution in [1.82, 2.24) is 4.90 Å². The van der Waals surface area contributed by atoms with Crippen molar-refractivity contribution in [2.24, 2.45) is 5.73 Å². The van der Waals surface area contributed by atoms with Gasteiger partial charge in [-0.15, -0.1) is 0 Å². The van der Waals surface area contributed by atoms with Gasteiger partial charge in [0.05, 0.1) is 6.04 Å². The van der Waals surface area contributed by atoms with Crippen molar-refractivity contribution in [2.75, 3.05) is 6.54 Å². The summed E-state index contributed by atoms with van der Waals surface area (Å²) in [6, 6.07) is 9.99. The van der Waals surface area contributed by atoms with E-state index in [1.807, 2.05) is 35.2 Å². The molecule has 2 unspecified atom stereocenters. The summed E-state index contributed by atoms with van der Waals surface area (Å²) in [5.41, 5.74) is 7.18. The smallest absolute Gasteiger partial charge is 0.240 e. The third kappa shape index (κ3) is 2.91. The predicted molar refractivity (Wildman–Crippen MR) is 73.1 cm³/mol. The number of hydrogen-bond donors (Lipinski definition) is 1. The molecular formula is C15H22N2O. The summed E-state index contributed by atoms with van der Waals surface area (Å²) >= 11 is 0. The van der Waals surface area contributed by atoms with E-state index in [4.69, 9.17) is 5.73 Å². The SMILES string of the molecule is CCC1CCCN1C(=O)C(N)Cc1ccccc1. The van der Waals surface area contributed by atoms with Gasteiger partial charge in [0.25, 0.3) is 0 Å². The third-order valence-corrected chi connectivity index (χ3v) is 3.75. The molecule has 0 bridgehead atoms. The average Bonchev–Trinajstić information content (AvgIpc) is 2.87. The molecule has 1 heterocycles. The highest BCUT2D eigenvalue weighted by Gasteiger charge is 2.30. The lowest BCUT2D eigenvalue weighted by atomic mass is 10.0. The number of hydrogen-bond acceptors (Lipinski definition) is 2. The molecule has 3 heteroatoms. The second-order valence-electron chi connectivity index (χ2n) is 5.03. The van der Waals surface area contributed by atoms with Gasteiger partial charge in [-0.3, -0.25) is 4.79 Å². The Bertz CT molecular complexity index is 391. The zero-order valence-electron chi connectivity index (χ0n) is 11.0. The van der Waals surface area contributed by atoms with Crippen LogP contribution in [0, 0.1) is 0 Å². The zero-order chi connectivity index (χ0) is 13.0. The van der Waals surface area contributed by atoms with Gasteiger partial charge in [-0.05, 0) is 31.2 Å². The molecule has 1 amide bonds. The van der Waals surface area contributed by atoms with E-state index in [0.717, 1.165) is 31.4 Å². The van der Waals surface area contributed by atoms with E-state index in [-0.39, 0.29) is 5.91 Å². The summed E-state index contributed by atoms with van der Waals surface area (Å²) in [6.45, 7) is 3.01. The minimum absolute atomic E-state index is 0.114. The van der Waals surface area contributed by atoms with Gasteiger partial charge in [0.1, 0.15) is 0 Å². The zero-order valence-corrected chi connectivity index (χ0v) is 11.0. The van der Waals surface area contributed by atoms with Crippen LogP contribution >= 0.6 is 0 Å². The molecule has 0 aromatic heterocycles. The first-order valence-electron chi connectivity index (χ1n) is 6.82. The molecule has 18 heavy (non-hydrogen) atoms. The average molecular weight is 246 g/mol. The Morgan fingerprint density at radius 1 is 1.44 bits per heavy atom. The molecule has 1 fully saturated rings. The summed E-state index contributed by atoms with van der Waals surface area (Å²) in [7, 11) is 0. The Morgan fingerprint density at radius 3 is 2.83 bits per heavy atom. The number of amides is 1. The van der Waals surface area contributed by atoms with Crippen molar-refractivity contribution in [3.05, 3.63) is 35.9 Å². The highest BCUT2D eigenvalue weighted by molar-refractivity contribution is 5.82. The fourth-order valence-electron chi connectivity index (χ4n) is 2.72. The third-order valence-electron chi connectivity index (χ3n) is 3.75. The van der Waals surface area contributed by atoms with E-state index in [2.05, 4.69) is 6.92 Å². The van der Waals surface area contributed by atoms with Gasteiger partial charge in [0.15, 0.2) is 0 Å². The molecule has 3 nitrogen and oxygen atoms in total. The lowest BCUT2D eigenvalue weighted by Crippen LogP contribution is -2.46. The van der Waals surface area contributed by atoms with Crippen molar-refractivity contribution >= 4 is 5.91 Å². The molecule has 2 atom stereocenters. The first-order chi connectivity index (χ1) is 8.72. The van der Waals surface area contributed by atoms with E-state index < -0.39 is 6.04 Å². The first-order valence-corrected chi connectivity index (χ1v) is 6.82. The molecule has 1 saturated heterocycles. The van der Waals surface area contributed by atoms with Crippen LogP contribution in [0.5, 0.6) is 0 Å². The van der Waals surface area contributed by atoms with Gasteiger partial charge in [-0.2, -0.15) is 0 Å². The van der Waals surface area contributed by atoms with E-state index in [1.165, 1.54) is 0 Å². The topological polar surface area (TPSA) is 46.3 Å². The van der Waals surface area contributed by atoms with Crippen molar-refractivity contribution in [3.63, 3.8) is 0 Å². The summed E-state index contributed by atoms with van der Waals surface area (Å²) in [5.74, 6) is 0.114. The molecule has 0 radical (unpaired) electrons. The van der Waals surface area contributed by atoms with Gasteiger partial charge in [-0.1, -0.05) is 37.3 Å². The second kappa shape index (κ2) is 6.01. The molecule has 2 rings (SSSR count). The number of rotatable bonds is 4. The van der Waals surface area contributed by atoms with Crippen molar-refractivity contribution in [2.45, 2.75) is 44.7 Å². The van der Waals surface area contributed by atoms with Crippen LogP contribution in [0.25, 0.3) is 0 Å².